The Balaban J connectivity index is 1.87. The fraction of sp³-hybridized carbons (Fsp3) is 0.462. The lowest BCUT2D eigenvalue weighted by atomic mass is 10.1. The zero-order valence-corrected chi connectivity index (χ0v) is 11.0. The van der Waals surface area contributed by atoms with E-state index in [9.17, 15) is 26.7 Å². The highest BCUT2D eigenvalue weighted by Gasteiger charge is 2.37. The van der Waals surface area contributed by atoms with Gasteiger partial charge in [-0.15, -0.1) is 0 Å². The van der Waals surface area contributed by atoms with E-state index in [-0.39, 0.29) is 13.2 Å². The number of hydrogen-bond donors (Lipinski definition) is 0. The van der Waals surface area contributed by atoms with Crippen molar-refractivity contribution < 1.29 is 26.7 Å². The Morgan fingerprint density at radius 2 is 1.86 bits per heavy atom. The van der Waals surface area contributed by atoms with E-state index in [4.69, 9.17) is 0 Å². The highest BCUT2D eigenvalue weighted by Crippen LogP contribution is 2.19. The van der Waals surface area contributed by atoms with Crippen LogP contribution in [0.3, 0.4) is 0 Å². The summed E-state index contributed by atoms with van der Waals surface area (Å²) in [4.78, 5) is 13.7. The summed E-state index contributed by atoms with van der Waals surface area (Å²) in [5, 5.41) is 0. The second kappa shape index (κ2) is 5.97. The van der Waals surface area contributed by atoms with Gasteiger partial charge in [0.15, 0.2) is 11.6 Å². The fourth-order valence-corrected chi connectivity index (χ4v) is 2.15. The lowest BCUT2D eigenvalue weighted by Gasteiger charge is -2.19. The van der Waals surface area contributed by atoms with Gasteiger partial charge in [-0.1, -0.05) is 6.07 Å². The Labute approximate surface area is 117 Å². The summed E-state index contributed by atoms with van der Waals surface area (Å²) in [6, 6.07) is 3.44. The molecular weight excluding hydrogens is 295 g/mol. The average molecular weight is 308 g/mol. The van der Waals surface area contributed by atoms with Gasteiger partial charge in [0, 0.05) is 6.54 Å². The van der Waals surface area contributed by atoms with Crippen molar-refractivity contribution in [1.29, 1.82) is 0 Å². The number of amides is 1. The molecule has 2 rings (SSSR count). The molecule has 1 aliphatic heterocycles. The minimum atomic E-state index is -4.42. The van der Waals surface area contributed by atoms with Gasteiger partial charge in [-0.25, -0.2) is 8.78 Å². The Morgan fingerprint density at radius 1 is 1.14 bits per heavy atom. The molecule has 1 aliphatic rings. The molecule has 3 nitrogen and oxygen atoms in total. The minimum Gasteiger partial charge on any atom is -0.319 e. The van der Waals surface area contributed by atoms with Crippen LogP contribution in [0.25, 0.3) is 0 Å². The Hall–Kier alpha value is -1.70. The molecule has 0 N–H and O–H groups in total. The van der Waals surface area contributed by atoms with Gasteiger partial charge in [-0.3, -0.25) is 9.69 Å². The third kappa shape index (κ3) is 4.38. The van der Waals surface area contributed by atoms with Gasteiger partial charge in [0.05, 0.1) is 13.2 Å². The van der Waals surface area contributed by atoms with E-state index in [0.29, 0.717) is 18.5 Å². The monoisotopic (exact) mass is 308 g/mol. The van der Waals surface area contributed by atoms with E-state index >= 15 is 0 Å². The number of benzene rings is 1. The van der Waals surface area contributed by atoms with Gasteiger partial charge in [-0.05, 0) is 24.1 Å². The molecular formula is C13H13F5N2O. The first kappa shape index (κ1) is 15.7. The molecule has 0 radical (unpaired) electrons. The molecule has 0 saturated carbocycles. The van der Waals surface area contributed by atoms with Crippen LogP contribution < -0.4 is 0 Å². The van der Waals surface area contributed by atoms with Gasteiger partial charge >= 0.3 is 6.18 Å². The zero-order chi connectivity index (χ0) is 15.6. The van der Waals surface area contributed by atoms with Crippen molar-refractivity contribution in [3.63, 3.8) is 0 Å². The molecule has 1 aromatic carbocycles. The molecule has 1 saturated heterocycles. The highest BCUT2D eigenvalue weighted by molar-refractivity contribution is 5.80. The number of carbonyl (C=O) groups is 1. The van der Waals surface area contributed by atoms with Crippen LogP contribution >= 0.6 is 0 Å². The first-order chi connectivity index (χ1) is 9.74. The van der Waals surface area contributed by atoms with Crippen molar-refractivity contribution in [3.05, 3.63) is 35.4 Å². The summed E-state index contributed by atoms with van der Waals surface area (Å²) in [7, 11) is 0. The van der Waals surface area contributed by atoms with Crippen molar-refractivity contribution in [3.8, 4) is 0 Å². The van der Waals surface area contributed by atoms with E-state index < -0.39 is 30.3 Å². The molecule has 116 valence electrons. The number of nitrogens with zero attached hydrogens (tertiary/aromatic N) is 2. The number of hydrogen-bond acceptors (Lipinski definition) is 2. The fourth-order valence-electron chi connectivity index (χ4n) is 2.15. The topological polar surface area (TPSA) is 23.6 Å². The minimum absolute atomic E-state index is 0.0975. The normalized spacial score (nSPS) is 16.8. The standard InChI is InChI=1S/C13H13F5N2O/c14-10-2-1-9(5-11(10)15)3-4-19-6-12(21)20(8-19)7-13(16,17)18/h1-2,5H,3-4,6-8H2. The van der Waals surface area contributed by atoms with Crippen LogP contribution in [0.4, 0.5) is 22.0 Å². The second-order valence-electron chi connectivity index (χ2n) is 4.90. The number of halogens is 5. The van der Waals surface area contributed by atoms with Crippen molar-refractivity contribution in [1.82, 2.24) is 9.80 Å². The molecule has 1 aromatic rings. The number of alkyl halides is 3. The van der Waals surface area contributed by atoms with Crippen LogP contribution in [-0.2, 0) is 11.2 Å². The molecule has 0 unspecified atom stereocenters. The van der Waals surface area contributed by atoms with E-state index in [1.54, 1.807) is 0 Å². The molecule has 0 spiro atoms. The van der Waals surface area contributed by atoms with E-state index in [0.717, 1.165) is 17.0 Å². The van der Waals surface area contributed by atoms with Crippen molar-refractivity contribution in [2.75, 3.05) is 26.3 Å². The predicted molar refractivity (Wildman–Crippen MR) is 64.3 cm³/mol. The van der Waals surface area contributed by atoms with Crippen LogP contribution in [0.15, 0.2) is 18.2 Å². The van der Waals surface area contributed by atoms with Gasteiger partial charge in [0.2, 0.25) is 5.91 Å². The van der Waals surface area contributed by atoms with E-state index in [1.165, 1.54) is 11.0 Å². The maximum Gasteiger partial charge on any atom is 0.406 e. The molecule has 0 aromatic heterocycles. The van der Waals surface area contributed by atoms with Crippen LogP contribution in [0.2, 0.25) is 0 Å². The maximum absolute atomic E-state index is 13.0. The molecule has 0 atom stereocenters. The lowest BCUT2D eigenvalue weighted by Crippen LogP contribution is -2.36. The van der Waals surface area contributed by atoms with Crippen molar-refractivity contribution in [2.24, 2.45) is 0 Å². The van der Waals surface area contributed by atoms with Crippen LogP contribution in [0.5, 0.6) is 0 Å². The Bertz CT molecular complexity index is 532. The first-order valence-electron chi connectivity index (χ1n) is 6.25. The summed E-state index contributed by atoms with van der Waals surface area (Å²) in [6.45, 7) is -1.18. The van der Waals surface area contributed by atoms with Gasteiger partial charge in [-0.2, -0.15) is 13.2 Å². The summed E-state index contributed by atoms with van der Waals surface area (Å²) in [5.74, 6) is -2.51. The van der Waals surface area contributed by atoms with Gasteiger partial charge in [0.25, 0.3) is 0 Å². The molecule has 1 amide bonds. The first-order valence-corrected chi connectivity index (χ1v) is 6.25. The van der Waals surface area contributed by atoms with Crippen molar-refractivity contribution >= 4 is 5.91 Å². The zero-order valence-electron chi connectivity index (χ0n) is 11.0. The summed E-state index contributed by atoms with van der Waals surface area (Å²) in [5.41, 5.74) is 0.524. The molecule has 0 aliphatic carbocycles. The van der Waals surface area contributed by atoms with Gasteiger partial charge in [0.1, 0.15) is 6.54 Å². The Kier molecular flexibility index (Phi) is 4.46. The number of rotatable bonds is 4. The van der Waals surface area contributed by atoms with E-state index in [1.807, 2.05) is 0 Å². The third-order valence-electron chi connectivity index (χ3n) is 3.15. The summed E-state index contributed by atoms with van der Waals surface area (Å²) < 4.78 is 62.5. The van der Waals surface area contributed by atoms with Crippen LogP contribution in [0.1, 0.15) is 5.56 Å². The van der Waals surface area contributed by atoms with Crippen LogP contribution in [-0.4, -0.2) is 48.2 Å². The molecule has 0 bridgehead atoms. The lowest BCUT2D eigenvalue weighted by molar-refractivity contribution is -0.157. The molecule has 8 heteroatoms. The summed E-state index contributed by atoms with van der Waals surface area (Å²) >= 11 is 0. The third-order valence-corrected chi connectivity index (χ3v) is 3.15. The quantitative estimate of drug-likeness (QED) is 0.796. The number of carbonyl (C=O) groups excluding carboxylic acids is 1. The largest absolute Gasteiger partial charge is 0.406 e. The Morgan fingerprint density at radius 3 is 2.48 bits per heavy atom. The maximum atomic E-state index is 13.0. The average Bonchev–Trinajstić information content (AvgIpc) is 2.69. The van der Waals surface area contributed by atoms with E-state index in [2.05, 4.69) is 0 Å². The smallest absolute Gasteiger partial charge is 0.319 e. The second-order valence-corrected chi connectivity index (χ2v) is 4.90. The molecule has 1 heterocycles. The van der Waals surface area contributed by atoms with Crippen LogP contribution in [0, 0.1) is 11.6 Å². The predicted octanol–water partition coefficient (Wildman–Crippen LogP) is 2.17. The summed E-state index contributed by atoms with van der Waals surface area (Å²) in [6.07, 6.45) is -4.10. The molecule has 21 heavy (non-hydrogen) atoms. The molecule has 1 fully saturated rings. The van der Waals surface area contributed by atoms with Crippen molar-refractivity contribution in [2.45, 2.75) is 12.6 Å². The highest BCUT2D eigenvalue weighted by atomic mass is 19.4. The van der Waals surface area contributed by atoms with Gasteiger partial charge < -0.3 is 4.90 Å². The SMILES string of the molecule is O=C1CN(CCc2ccc(F)c(F)c2)CN1CC(F)(F)F.